The lowest BCUT2D eigenvalue weighted by molar-refractivity contribution is -0.146. The maximum atomic E-state index is 13.2. The highest BCUT2D eigenvalue weighted by Gasteiger charge is 2.45. The number of allylic oxidation sites excluding steroid dienone is 2. The minimum Gasteiger partial charge on any atom is -0.465 e. The summed E-state index contributed by atoms with van der Waals surface area (Å²) in [6.45, 7) is 8.62. The molecule has 5 heteroatoms. The van der Waals surface area contributed by atoms with Gasteiger partial charge in [0.05, 0.1) is 6.61 Å². The number of ether oxygens (including phenoxy) is 1. The number of aliphatic imine (C=N–C) groups is 1. The molecule has 2 atom stereocenters. The number of rotatable bonds is 6. The number of hydrogen-bond acceptors (Lipinski definition) is 4. The molecule has 2 aliphatic rings. The molecule has 0 radical (unpaired) electrons. The van der Waals surface area contributed by atoms with Gasteiger partial charge in [0.2, 0.25) is 0 Å². The summed E-state index contributed by atoms with van der Waals surface area (Å²) in [4.78, 5) is 31.0. The van der Waals surface area contributed by atoms with Crippen LogP contribution in [-0.2, 0) is 14.3 Å². The lowest BCUT2D eigenvalue weighted by atomic mass is 9.67. The van der Waals surface area contributed by atoms with Gasteiger partial charge in [-0.3, -0.25) is 14.6 Å². The molecule has 0 amide bonds. The van der Waals surface area contributed by atoms with Gasteiger partial charge >= 0.3 is 5.97 Å². The van der Waals surface area contributed by atoms with E-state index in [1.165, 1.54) is 0 Å². The van der Waals surface area contributed by atoms with Crippen molar-refractivity contribution in [1.82, 2.24) is 0 Å². The van der Waals surface area contributed by atoms with Crippen molar-refractivity contribution in [2.24, 2.45) is 16.3 Å². The van der Waals surface area contributed by atoms with Crippen LogP contribution in [0, 0.1) is 11.3 Å². The molecular formula is C24H30BrNO3. The predicted octanol–water partition coefficient (Wildman–Crippen LogP) is 6.00. The summed E-state index contributed by atoms with van der Waals surface area (Å²) in [6.07, 6.45) is 4.19. The molecular weight excluding hydrogens is 430 g/mol. The lowest BCUT2D eigenvalue weighted by Gasteiger charge is -2.39. The van der Waals surface area contributed by atoms with Crippen LogP contribution < -0.4 is 0 Å². The van der Waals surface area contributed by atoms with E-state index in [2.05, 4.69) is 36.7 Å². The topological polar surface area (TPSA) is 55.7 Å². The summed E-state index contributed by atoms with van der Waals surface area (Å²) in [7, 11) is 0. The van der Waals surface area contributed by atoms with E-state index in [9.17, 15) is 9.59 Å². The Hall–Kier alpha value is -1.75. The van der Waals surface area contributed by atoms with E-state index < -0.39 is 5.92 Å². The van der Waals surface area contributed by atoms with Gasteiger partial charge < -0.3 is 4.74 Å². The molecule has 1 aliphatic carbocycles. The standard InChI is InChI=1S/C24H30BrNO3/c1-5-6-7-12-29-23(28)20-15(2)26-18-13-24(3,4)14-19(27)22(18)21(20)16-8-10-17(25)11-9-16/h8-11,20-21H,5-7,12-14H2,1-4H3/t20?,21-/m0/s1. The van der Waals surface area contributed by atoms with Crippen molar-refractivity contribution >= 4 is 33.4 Å². The summed E-state index contributed by atoms with van der Waals surface area (Å²) in [5.74, 6) is -1.07. The maximum Gasteiger partial charge on any atom is 0.315 e. The van der Waals surface area contributed by atoms with Crippen molar-refractivity contribution in [3.63, 3.8) is 0 Å². The first-order valence-electron chi connectivity index (χ1n) is 10.5. The third kappa shape index (κ3) is 4.88. The van der Waals surface area contributed by atoms with Gasteiger partial charge in [-0.05, 0) is 42.9 Å². The molecule has 0 spiro atoms. The van der Waals surface area contributed by atoms with Crippen LogP contribution in [0.3, 0.4) is 0 Å². The summed E-state index contributed by atoms with van der Waals surface area (Å²) >= 11 is 3.48. The van der Waals surface area contributed by atoms with Crippen molar-refractivity contribution in [3.05, 3.63) is 45.6 Å². The number of benzene rings is 1. The molecule has 1 unspecified atom stereocenters. The number of ketones is 1. The number of Topliss-reactive ketones (excluding diaryl/α,β-unsaturated/α-hetero) is 1. The number of carbonyl (C=O) groups excluding carboxylic acids is 2. The maximum absolute atomic E-state index is 13.2. The minimum absolute atomic E-state index is 0.101. The first kappa shape index (κ1) is 21.9. The zero-order chi connectivity index (χ0) is 21.2. The Kier molecular flexibility index (Phi) is 6.77. The summed E-state index contributed by atoms with van der Waals surface area (Å²) in [5, 5.41) is 0. The molecule has 156 valence electrons. The van der Waals surface area contributed by atoms with Gasteiger partial charge in [0.1, 0.15) is 5.92 Å². The number of nitrogens with zero attached hydrogens (tertiary/aromatic N) is 1. The van der Waals surface area contributed by atoms with E-state index in [1.807, 2.05) is 31.2 Å². The molecule has 29 heavy (non-hydrogen) atoms. The summed E-state index contributed by atoms with van der Waals surface area (Å²) < 4.78 is 6.59. The highest BCUT2D eigenvalue weighted by Crippen LogP contribution is 2.48. The molecule has 1 aromatic carbocycles. The van der Waals surface area contributed by atoms with Gasteiger partial charge in [-0.1, -0.05) is 61.7 Å². The van der Waals surface area contributed by atoms with Crippen LogP contribution in [0.4, 0.5) is 0 Å². The monoisotopic (exact) mass is 459 g/mol. The van der Waals surface area contributed by atoms with E-state index in [0.29, 0.717) is 18.6 Å². The van der Waals surface area contributed by atoms with Crippen LogP contribution in [-0.4, -0.2) is 24.1 Å². The van der Waals surface area contributed by atoms with Gasteiger partial charge in [0.15, 0.2) is 5.78 Å². The largest absolute Gasteiger partial charge is 0.465 e. The van der Waals surface area contributed by atoms with Crippen molar-refractivity contribution in [1.29, 1.82) is 0 Å². The third-order valence-corrected chi connectivity index (χ3v) is 6.31. The lowest BCUT2D eigenvalue weighted by Crippen LogP contribution is -2.39. The molecule has 3 rings (SSSR count). The minimum atomic E-state index is -0.554. The molecule has 1 heterocycles. The number of halogens is 1. The Morgan fingerprint density at radius 3 is 2.55 bits per heavy atom. The second-order valence-corrected chi connectivity index (χ2v) is 9.85. The van der Waals surface area contributed by atoms with Crippen molar-refractivity contribution < 1.29 is 14.3 Å². The van der Waals surface area contributed by atoms with E-state index in [-0.39, 0.29) is 23.1 Å². The van der Waals surface area contributed by atoms with E-state index in [4.69, 9.17) is 9.73 Å². The van der Waals surface area contributed by atoms with Crippen LogP contribution in [0.5, 0.6) is 0 Å². The highest BCUT2D eigenvalue weighted by atomic mass is 79.9. The zero-order valence-corrected chi connectivity index (χ0v) is 19.3. The molecule has 1 aromatic rings. The summed E-state index contributed by atoms with van der Waals surface area (Å²) in [6, 6.07) is 7.89. The second kappa shape index (κ2) is 8.95. The molecule has 0 saturated carbocycles. The predicted molar refractivity (Wildman–Crippen MR) is 119 cm³/mol. The fourth-order valence-electron chi connectivity index (χ4n) is 4.40. The Bertz CT molecular complexity index is 851. The Morgan fingerprint density at radius 1 is 1.21 bits per heavy atom. The average Bonchev–Trinajstić information content (AvgIpc) is 2.63. The highest BCUT2D eigenvalue weighted by molar-refractivity contribution is 9.10. The quantitative estimate of drug-likeness (QED) is 0.387. The SMILES string of the molecule is CCCCCOC(=O)C1C(C)=NC2=C(C(=O)CC(C)(C)C2)[C@H]1c1ccc(Br)cc1. The van der Waals surface area contributed by atoms with Gasteiger partial charge in [-0.25, -0.2) is 0 Å². The fourth-order valence-corrected chi connectivity index (χ4v) is 4.66. The van der Waals surface area contributed by atoms with Gasteiger partial charge in [0.25, 0.3) is 0 Å². The smallest absolute Gasteiger partial charge is 0.315 e. The van der Waals surface area contributed by atoms with Crippen LogP contribution in [0.25, 0.3) is 0 Å². The number of carbonyl (C=O) groups is 2. The summed E-state index contributed by atoms with van der Waals surface area (Å²) in [5.41, 5.74) is 3.12. The average molecular weight is 460 g/mol. The molecule has 0 aromatic heterocycles. The van der Waals surface area contributed by atoms with Crippen LogP contribution >= 0.6 is 15.9 Å². The fraction of sp³-hybridized carbons (Fsp3) is 0.542. The molecule has 4 nitrogen and oxygen atoms in total. The van der Waals surface area contributed by atoms with Gasteiger partial charge in [-0.2, -0.15) is 0 Å². The first-order valence-corrected chi connectivity index (χ1v) is 11.3. The van der Waals surface area contributed by atoms with Crippen molar-refractivity contribution in [2.45, 2.75) is 65.7 Å². The third-order valence-electron chi connectivity index (χ3n) is 5.78. The second-order valence-electron chi connectivity index (χ2n) is 8.94. The van der Waals surface area contributed by atoms with E-state index in [0.717, 1.165) is 47.1 Å². The Labute approximate surface area is 181 Å². The molecule has 0 saturated heterocycles. The normalized spacial score (nSPS) is 23.5. The van der Waals surface area contributed by atoms with Gasteiger partial charge in [0, 0.05) is 33.8 Å². The van der Waals surface area contributed by atoms with E-state index in [1.54, 1.807) is 0 Å². The zero-order valence-electron chi connectivity index (χ0n) is 17.8. The molecule has 0 bridgehead atoms. The number of hydrogen-bond donors (Lipinski definition) is 0. The molecule has 1 aliphatic heterocycles. The number of esters is 1. The first-order chi connectivity index (χ1) is 13.7. The van der Waals surface area contributed by atoms with Crippen LogP contribution in [0.1, 0.15) is 71.3 Å². The van der Waals surface area contributed by atoms with E-state index >= 15 is 0 Å². The van der Waals surface area contributed by atoms with Crippen molar-refractivity contribution in [2.75, 3.05) is 6.61 Å². The Balaban J connectivity index is 2.01. The van der Waals surface area contributed by atoms with Gasteiger partial charge in [-0.15, -0.1) is 0 Å². The molecule has 0 N–H and O–H groups in total. The Morgan fingerprint density at radius 2 is 1.90 bits per heavy atom. The molecule has 0 fully saturated rings. The van der Waals surface area contributed by atoms with Crippen LogP contribution in [0.15, 0.2) is 45.0 Å². The number of unbranched alkanes of at least 4 members (excludes halogenated alkanes) is 2. The van der Waals surface area contributed by atoms with Crippen molar-refractivity contribution in [3.8, 4) is 0 Å². The van der Waals surface area contributed by atoms with Crippen LogP contribution in [0.2, 0.25) is 0 Å².